The van der Waals surface area contributed by atoms with Crippen LogP contribution in [0.15, 0.2) is 47.5 Å². The third-order valence-electron chi connectivity index (χ3n) is 2.22. The third-order valence-corrected chi connectivity index (χ3v) is 3.53. The SMILES string of the molecule is O=C(CSc1ccc(F)cc1)Nc1cccnc1Cl. The fourth-order valence-corrected chi connectivity index (χ4v) is 2.21. The second-order valence-corrected chi connectivity index (χ2v) is 5.04. The molecule has 2 aromatic rings. The van der Waals surface area contributed by atoms with E-state index in [1.54, 1.807) is 30.5 Å². The second kappa shape index (κ2) is 6.54. The van der Waals surface area contributed by atoms with Crippen LogP contribution in [-0.4, -0.2) is 16.6 Å². The van der Waals surface area contributed by atoms with E-state index in [0.717, 1.165) is 4.90 Å². The summed E-state index contributed by atoms with van der Waals surface area (Å²) < 4.78 is 12.7. The summed E-state index contributed by atoms with van der Waals surface area (Å²) in [7, 11) is 0. The molecule has 0 aliphatic carbocycles. The van der Waals surface area contributed by atoms with E-state index in [2.05, 4.69) is 10.3 Å². The van der Waals surface area contributed by atoms with Crippen molar-refractivity contribution in [3.63, 3.8) is 0 Å². The Labute approximate surface area is 119 Å². The van der Waals surface area contributed by atoms with Crippen molar-refractivity contribution in [2.45, 2.75) is 4.90 Å². The highest BCUT2D eigenvalue weighted by atomic mass is 35.5. The molecule has 0 fully saturated rings. The van der Waals surface area contributed by atoms with E-state index in [9.17, 15) is 9.18 Å². The number of aromatic nitrogens is 1. The topological polar surface area (TPSA) is 42.0 Å². The molecule has 1 aromatic carbocycles. The Bertz CT molecular complexity index is 577. The molecule has 0 bridgehead atoms. The summed E-state index contributed by atoms with van der Waals surface area (Å²) in [6, 6.07) is 9.34. The van der Waals surface area contributed by atoms with Crippen molar-refractivity contribution in [2.75, 3.05) is 11.1 Å². The molecule has 3 nitrogen and oxygen atoms in total. The van der Waals surface area contributed by atoms with Gasteiger partial charge < -0.3 is 5.32 Å². The Morgan fingerprint density at radius 1 is 1.32 bits per heavy atom. The number of thioether (sulfide) groups is 1. The van der Waals surface area contributed by atoms with Crippen LogP contribution in [0.25, 0.3) is 0 Å². The summed E-state index contributed by atoms with van der Waals surface area (Å²) >= 11 is 7.15. The van der Waals surface area contributed by atoms with Gasteiger partial charge in [-0.2, -0.15) is 0 Å². The number of benzene rings is 1. The van der Waals surface area contributed by atoms with Gasteiger partial charge in [0.25, 0.3) is 0 Å². The monoisotopic (exact) mass is 296 g/mol. The molecule has 1 N–H and O–H groups in total. The number of pyridine rings is 1. The first kappa shape index (κ1) is 13.8. The van der Waals surface area contributed by atoms with Gasteiger partial charge in [-0.25, -0.2) is 9.37 Å². The van der Waals surface area contributed by atoms with Crippen LogP contribution in [0, 0.1) is 5.82 Å². The van der Waals surface area contributed by atoms with E-state index in [4.69, 9.17) is 11.6 Å². The van der Waals surface area contributed by atoms with Crippen LogP contribution in [0.1, 0.15) is 0 Å². The van der Waals surface area contributed by atoms with E-state index < -0.39 is 0 Å². The van der Waals surface area contributed by atoms with Crippen LogP contribution in [0.2, 0.25) is 5.15 Å². The summed E-state index contributed by atoms with van der Waals surface area (Å²) in [5, 5.41) is 2.92. The summed E-state index contributed by atoms with van der Waals surface area (Å²) in [6.07, 6.45) is 1.55. The molecule has 0 radical (unpaired) electrons. The van der Waals surface area contributed by atoms with Crippen LogP contribution in [0.5, 0.6) is 0 Å². The quantitative estimate of drug-likeness (QED) is 0.692. The Morgan fingerprint density at radius 2 is 2.05 bits per heavy atom. The lowest BCUT2D eigenvalue weighted by atomic mass is 10.4. The lowest BCUT2D eigenvalue weighted by Crippen LogP contribution is -2.14. The number of rotatable bonds is 4. The van der Waals surface area contributed by atoms with E-state index in [1.165, 1.54) is 23.9 Å². The van der Waals surface area contributed by atoms with E-state index in [1.807, 2.05) is 0 Å². The maximum absolute atomic E-state index is 12.7. The minimum atomic E-state index is -0.295. The first-order chi connectivity index (χ1) is 9.15. The molecule has 0 atom stereocenters. The highest BCUT2D eigenvalue weighted by Crippen LogP contribution is 2.20. The van der Waals surface area contributed by atoms with E-state index in [-0.39, 0.29) is 22.6 Å². The van der Waals surface area contributed by atoms with Crippen molar-refractivity contribution in [1.29, 1.82) is 0 Å². The Hall–Kier alpha value is -1.59. The fraction of sp³-hybridized carbons (Fsp3) is 0.0769. The average Bonchev–Trinajstić information content (AvgIpc) is 2.41. The molecule has 6 heteroatoms. The Kier molecular flexibility index (Phi) is 4.76. The van der Waals surface area contributed by atoms with Crippen molar-refractivity contribution in [3.8, 4) is 0 Å². The van der Waals surface area contributed by atoms with Crippen LogP contribution < -0.4 is 5.32 Å². The average molecular weight is 297 g/mol. The van der Waals surface area contributed by atoms with Crippen LogP contribution in [0.3, 0.4) is 0 Å². The highest BCUT2D eigenvalue weighted by molar-refractivity contribution is 8.00. The van der Waals surface area contributed by atoms with Crippen molar-refractivity contribution in [1.82, 2.24) is 4.98 Å². The number of nitrogens with zero attached hydrogens (tertiary/aromatic N) is 1. The van der Waals surface area contributed by atoms with Gasteiger partial charge in [-0.15, -0.1) is 11.8 Å². The van der Waals surface area contributed by atoms with Crippen LogP contribution in [0.4, 0.5) is 10.1 Å². The molecule has 0 aliphatic rings. The van der Waals surface area contributed by atoms with Gasteiger partial charge in [-0.1, -0.05) is 11.6 Å². The number of carbonyl (C=O) groups excluding carboxylic acids is 1. The Balaban J connectivity index is 1.88. The van der Waals surface area contributed by atoms with Crippen molar-refractivity contribution >= 4 is 35.0 Å². The molecule has 1 heterocycles. The predicted octanol–water partition coefficient (Wildman–Crippen LogP) is 3.60. The predicted molar refractivity (Wildman–Crippen MR) is 75.0 cm³/mol. The minimum Gasteiger partial charge on any atom is -0.323 e. The molecular weight excluding hydrogens is 287 g/mol. The van der Waals surface area contributed by atoms with Gasteiger partial charge in [0.1, 0.15) is 5.82 Å². The number of hydrogen-bond acceptors (Lipinski definition) is 3. The standard InChI is InChI=1S/C13H10ClFN2OS/c14-13-11(2-1-7-16-13)17-12(18)8-19-10-5-3-9(15)4-6-10/h1-7H,8H2,(H,17,18). The van der Waals surface area contributed by atoms with Crippen molar-refractivity contribution in [2.24, 2.45) is 0 Å². The fourth-order valence-electron chi connectivity index (χ4n) is 1.35. The summed E-state index contributed by atoms with van der Waals surface area (Å²) in [4.78, 5) is 16.4. The number of halogens is 2. The van der Waals surface area contributed by atoms with Gasteiger partial charge in [-0.3, -0.25) is 4.79 Å². The lowest BCUT2D eigenvalue weighted by Gasteiger charge is -2.06. The smallest absolute Gasteiger partial charge is 0.234 e. The van der Waals surface area contributed by atoms with Gasteiger partial charge in [0, 0.05) is 11.1 Å². The molecule has 19 heavy (non-hydrogen) atoms. The van der Waals surface area contributed by atoms with Gasteiger partial charge >= 0.3 is 0 Å². The van der Waals surface area contributed by atoms with Gasteiger partial charge in [0.2, 0.25) is 5.91 Å². The van der Waals surface area contributed by atoms with Gasteiger partial charge in [0.15, 0.2) is 5.15 Å². The van der Waals surface area contributed by atoms with Crippen LogP contribution >= 0.6 is 23.4 Å². The molecule has 0 spiro atoms. The highest BCUT2D eigenvalue weighted by Gasteiger charge is 2.06. The van der Waals surface area contributed by atoms with Crippen molar-refractivity contribution < 1.29 is 9.18 Å². The molecule has 1 aromatic heterocycles. The molecule has 0 saturated carbocycles. The zero-order chi connectivity index (χ0) is 13.7. The number of anilines is 1. The normalized spacial score (nSPS) is 10.2. The first-order valence-corrected chi connectivity index (χ1v) is 6.80. The zero-order valence-corrected chi connectivity index (χ0v) is 11.3. The van der Waals surface area contributed by atoms with Crippen LogP contribution in [-0.2, 0) is 4.79 Å². The first-order valence-electron chi connectivity index (χ1n) is 5.44. The summed E-state index contributed by atoms with van der Waals surface area (Å²) in [5.41, 5.74) is 0.480. The largest absolute Gasteiger partial charge is 0.323 e. The molecular formula is C13H10ClFN2OS. The number of nitrogens with one attached hydrogen (secondary N) is 1. The number of carbonyl (C=O) groups is 1. The molecule has 1 amide bonds. The minimum absolute atomic E-state index is 0.191. The maximum Gasteiger partial charge on any atom is 0.234 e. The molecule has 0 aliphatic heterocycles. The molecule has 98 valence electrons. The van der Waals surface area contributed by atoms with E-state index in [0.29, 0.717) is 5.69 Å². The number of hydrogen-bond donors (Lipinski definition) is 1. The lowest BCUT2D eigenvalue weighted by molar-refractivity contribution is -0.113. The second-order valence-electron chi connectivity index (χ2n) is 3.63. The van der Waals surface area contributed by atoms with Crippen molar-refractivity contribution in [3.05, 3.63) is 53.6 Å². The number of amides is 1. The zero-order valence-electron chi connectivity index (χ0n) is 9.77. The molecule has 2 rings (SSSR count). The summed E-state index contributed by atoms with van der Waals surface area (Å²) in [5.74, 6) is -0.267. The Morgan fingerprint density at radius 3 is 2.74 bits per heavy atom. The molecule has 0 saturated heterocycles. The van der Waals surface area contributed by atoms with E-state index >= 15 is 0 Å². The molecule has 0 unspecified atom stereocenters. The maximum atomic E-state index is 12.7. The van der Waals surface area contributed by atoms with Gasteiger partial charge in [0.05, 0.1) is 11.4 Å². The third kappa shape index (κ3) is 4.22. The van der Waals surface area contributed by atoms with Gasteiger partial charge in [-0.05, 0) is 36.4 Å². The summed E-state index contributed by atoms with van der Waals surface area (Å²) in [6.45, 7) is 0.